The monoisotopic (exact) mass is 374 g/mol. The van der Waals surface area contributed by atoms with E-state index in [1.165, 1.54) is 7.11 Å². The molecular formula is C22H18N2O4. The van der Waals surface area contributed by atoms with Gasteiger partial charge < -0.3 is 14.5 Å². The first kappa shape index (κ1) is 18.9. The molecule has 0 saturated heterocycles. The van der Waals surface area contributed by atoms with Gasteiger partial charge in [-0.15, -0.1) is 0 Å². The number of hydrogen-bond acceptors (Lipinski definition) is 5. The van der Waals surface area contributed by atoms with Crippen molar-refractivity contribution in [3.8, 4) is 28.7 Å². The average Bonchev–Trinajstić information content (AvgIpc) is 2.68. The molecule has 140 valence electrons. The first-order chi connectivity index (χ1) is 13.4. The molecule has 0 amide bonds. The molecule has 0 radical (unpaired) electrons. The summed E-state index contributed by atoms with van der Waals surface area (Å²) in [4.78, 5) is 27.0. The molecule has 28 heavy (non-hydrogen) atoms. The van der Waals surface area contributed by atoms with Crippen molar-refractivity contribution in [1.29, 1.82) is 5.26 Å². The minimum atomic E-state index is -0.504. The Morgan fingerprint density at radius 2 is 1.75 bits per heavy atom. The number of benzene rings is 2. The summed E-state index contributed by atoms with van der Waals surface area (Å²) in [5.41, 5.74) is 2.75. The highest BCUT2D eigenvalue weighted by molar-refractivity contribution is 5.91. The number of hydrogen-bond donors (Lipinski definition) is 1. The van der Waals surface area contributed by atoms with E-state index in [1.54, 1.807) is 43.3 Å². The lowest BCUT2D eigenvalue weighted by Gasteiger charge is -2.12. The van der Waals surface area contributed by atoms with Crippen molar-refractivity contribution in [3.05, 3.63) is 81.3 Å². The molecule has 0 aliphatic rings. The van der Waals surface area contributed by atoms with Gasteiger partial charge in [0.15, 0.2) is 11.5 Å². The molecule has 0 saturated carbocycles. The number of aromatic nitrogens is 1. The molecule has 3 rings (SSSR count). The highest BCUT2D eigenvalue weighted by Gasteiger charge is 2.16. The van der Waals surface area contributed by atoms with Crippen molar-refractivity contribution in [2.75, 3.05) is 7.11 Å². The number of nitrogens with one attached hydrogen (secondary N) is 1. The third-order valence-electron chi connectivity index (χ3n) is 4.24. The number of aryl methyl sites for hydroxylation is 2. The van der Waals surface area contributed by atoms with Gasteiger partial charge in [-0.2, -0.15) is 5.26 Å². The van der Waals surface area contributed by atoms with Crippen molar-refractivity contribution in [3.63, 3.8) is 0 Å². The van der Waals surface area contributed by atoms with Crippen LogP contribution in [0.1, 0.15) is 27.2 Å². The maximum atomic E-state index is 12.4. The van der Waals surface area contributed by atoms with Crippen LogP contribution >= 0.6 is 0 Å². The number of H-pyrrole nitrogens is 1. The zero-order valence-electron chi connectivity index (χ0n) is 15.7. The quantitative estimate of drug-likeness (QED) is 0.554. The van der Waals surface area contributed by atoms with Crippen molar-refractivity contribution >= 4 is 5.97 Å². The van der Waals surface area contributed by atoms with Gasteiger partial charge in [0, 0.05) is 11.3 Å². The molecule has 3 aromatic rings. The maximum absolute atomic E-state index is 12.4. The second-order valence-electron chi connectivity index (χ2n) is 6.30. The summed E-state index contributed by atoms with van der Waals surface area (Å²) in [5, 5.41) is 9.33. The Hall–Kier alpha value is -3.85. The lowest BCUT2D eigenvalue weighted by molar-refractivity contribution is 0.0730. The van der Waals surface area contributed by atoms with E-state index in [-0.39, 0.29) is 11.3 Å². The summed E-state index contributed by atoms with van der Waals surface area (Å²) >= 11 is 0. The minimum Gasteiger partial charge on any atom is -0.493 e. The number of nitriles is 1. The zero-order chi connectivity index (χ0) is 20.3. The number of methoxy groups -OCH3 is 1. The second kappa shape index (κ2) is 7.80. The molecule has 2 aromatic carbocycles. The zero-order valence-corrected chi connectivity index (χ0v) is 15.7. The van der Waals surface area contributed by atoms with Crippen molar-refractivity contribution in [2.45, 2.75) is 13.8 Å². The lowest BCUT2D eigenvalue weighted by atomic mass is 10.0. The fourth-order valence-corrected chi connectivity index (χ4v) is 2.80. The van der Waals surface area contributed by atoms with Gasteiger partial charge in [-0.3, -0.25) is 4.79 Å². The van der Waals surface area contributed by atoms with Crippen molar-refractivity contribution < 1.29 is 14.3 Å². The van der Waals surface area contributed by atoms with E-state index >= 15 is 0 Å². The minimum absolute atomic E-state index is 0.0112. The highest BCUT2D eigenvalue weighted by atomic mass is 16.6. The topological polar surface area (TPSA) is 92.2 Å². The van der Waals surface area contributed by atoms with Gasteiger partial charge in [0.05, 0.1) is 12.7 Å². The molecule has 1 aromatic heterocycles. The van der Waals surface area contributed by atoms with Crippen LogP contribution in [0, 0.1) is 25.2 Å². The number of aromatic amines is 1. The van der Waals surface area contributed by atoms with Crippen LogP contribution in [0.25, 0.3) is 11.1 Å². The molecular weight excluding hydrogens is 356 g/mol. The highest BCUT2D eigenvalue weighted by Crippen LogP contribution is 2.33. The third-order valence-corrected chi connectivity index (χ3v) is 4.24. The van der Waals surface area contributed by atoms with E-state index in [0.29, 0.717) is 28.1 Å². The van der Waals surface area contributed by atoms with Gasteiger partial charge in [0.1, 0.15) is 11.6 Å². The maximum Gasteiger partial charge on any atom is 0.343 e. The van der Waals surface area contributed by atoms with E-state index in [2.05, 4.69) is 4.98 Å². The van der Waals surface area contributed by atoms with E-state index in [1.807, 2.05) is 25.1 Å². The molecule has 0 spiro atoms. The molecule has 6 heteroatoms. The van der Waals surface area contributed by atoms with Crippen molar-refractivity contribution in [2.24, 2.45) is 0 Å². The predicted octanol–water partition coefficient (Wildman–Crippen LogP) is 3.76. The smallest absolute Gasteiger partial charge is 0.343 e. The molecule has 0 unspecified atom stereocenters. The summed E-state index contributed by atoms with van der Waals surface area (Å²) < 4.78 is 10.8. The van der Waals surface area contributed by atoms with Crippen LogP contribution in [0.2, 0.25) is 0 Å². The van der Waals surface area contributed by atoms with Crippen LogP contribution in [0.15, 0.2) is 53.3 Å². The first-order valence-corrected chi connectivity index (χ1v) is 8.54. The van der Waals surface area contributed by atoms with Gasteiger partial charge in [-0.1, -0.05) is 23.8 Å². The molecule has 1 heterocycles. The Kier molecular flexibility index (Phi) is 5.28. The van der Waals surface area contributed by atoms with Crippen LogP contribution in [-0.2, 0) is 0 Å². The standard InChI is InChI=1S/C22H18N2O4/c1-13-4-6-15(7-5-13)22(26)28-19-9-8-16(11-20(19)27-3)17-10-14(2)24-21(25)18(17)12-23/h4-11H,1-3H3,(H,24,25). The Labute approximate surface area is 162 Å². The number of carbonyl (C=O) groups is 1. The van der Waals surface area contributed by atoms with Gasteiger partial charge in [0.25, 0.3) is 5.56 Å². The average molecular weight is 374 g/mol. The Balaban J connectivity index is 1.98. The van der Waals surface area contributed by atoms with Crippen molar-refractivity contribution in [1.82, 2.24) is 4.98 Å². The number of esters is 1. The number of carbonyl (C=O) groups excluding carboxylic acids is 1. The Bertz CT molecular complexity index is 1140. The summed E-state index contributed by atoms with van der Waals surface area (Å²) in [6.45, 7) is 3.67. The van der Waals surface area contributed by atoms with Crippen LogP contribution in [0.3, 0.4) is 0 Å². The molecule has 1 N–H and O–H groups in total. The van der Waals surface area contributed by atoms with Crippen LogP contribution in [0.5, 0.6) is 11.5 Å². The van der Waals surface area contributed by atoms with Gasteiger partial charge >= 0.3 is 5.97 Å². The number of rotatable bonds is 4. The number of pyridine rings is 1. The summed E-state index contributed by atoms with van der Waals surface area (Å²) in [5.74, 6) is 0.0624. The molecule has 0 aliphatic heterocycles. The largest absolute Gasteiger partial charge is 0.493 e. The number of nitrogens with zero attached hydrogens (tertiary/aromatic N) is 1. The van der Waals surface area contributed by atoms with Gasteiger partial charge in [-0.25, -0.2) is 4.79 Å². The lowest BCUT2D eigenvalue weighted by Crippen LogP contribution is -2.13. The van der Waals surface area contributed by atoms with Gasteiger partial charge in [0.2, 0.25) is 0 Å². The second-order valence-corrected chi connectivity index (χ2v) is 6.30. The fourth-order valence-electron chi connectivity index (χ4n) is 2.80. The normalized spacial score (nSPS) is 10.2. The Morgan fingerprint density at radius 3 is 2.39 bits per heavy atom. The molecule has 0 atom stereocenters. The SMILES string of the molecule is COc1cc(-c2cc(C)[nH]c(=O)c2C#N)ccc1OC(=O)c1ccc(C)cc1. The first-order valence-electron chi connectivity index (χ1n) is 8.54. The fraction of sp³-hybridized carbons (Fsp3) is 0.136. The van der Waals surface area contributed by atoms with E-state index in [9.17, 15) is 14.9 Å². The van der Waals surface area contributed by atoms with Gasteiger partial charge in [-0.05, 0) is 49.7 Å². The molecule has 0 bridgehead atoms. The summed E-state index contributed by atoms with van der Waals surface area (Å²) in [6, 6.07) is 15.6. The van der Waals surface area contributed by atoms with E-state index in [4.69, 9.17) is 9.47 Å². The predicted molar refractivity (Wildman–Crippen MR) is 105 cm³/mol. The van der Waals surface area contributed by atoms with Crippen LogP contribution in [-0.4, -0.2) is 18.1 Å². The third kappa shape index (κ3) is 3.79. The van der Waals surface area contributed by atoms with Crippen LogP contribution < -0.4 is 15.0 Å². The molecule has 6 nitrogen and oxygen atoms in total. The summed E-state index contributed by atoms with van der Waals surface area (Å²) in [6.07, 6.45) is 0. The molecule has 0 aliphatic carbocycles. The summed E-state index contributed by atoms with van der Waals surface area (Å²) in [7, 11) is 1.45. The van der Waals surface area contributed by atoms with E-state index < -0.39 is 11.5 Å². The number of ether oxygens (including phenoxy) is 2. The van der Waals surface area contributed by atoms with Crippen LogP contribution in [0.4, 0.5) is 0 Å². The van der Waals surface area contributed by atoms with E-state index in [0.717, 1.165) is 5.56 Å². The Morgan fingerprint density at radius 1 is 1.04 bits per heavy atom. The molecule has 0 fully saturated rings.